The smallest absolute Gasteiger partial charge is 0.0513 e. The maximum atomic E-state index is 6.06. The van der Waals surface area contributed by atoms with Gasteiger partial charge in [-0.25, -0.2) is 0 Å². The highest BCUT2D eigenvalue weighted by atomic mass is 79.9. The zero-order chi connectivity index (χ0) is 14.1. The molecule has 20 heavy (non-hydrogen) atoms. The van der Waals surface area contributed by atoms with Gasteiger partial charge < -0.3 is 10.6 Å². The van der Waals surface area contributed by atoms with Crippen LogP contribution in [-0.2, 0) is 6.42 Å². The maximum Gasteiger partial charge on any atom is 0.0513 e. The van der Waals surface area contributed by atoms with Gasteiger partial charge in [-0.3, -0.25) is 0 Å². The van der Waals surface area contributed by atoms with Crippen molar-refractivity contribution in [3.8, 4) is 0 Å². The van der Waals surface area contributed by atoms with Crippen molar-refractivity contribution < 1.29 is 0 Å². The molecular weight excluding hydrogens is 312 g/mol. The van der Waals surface area contributed by atoms with Crippen LogP contribution in [0.4, 0.5) is 5.69 Å². The van der Waals surface area contributed by atoms with E-state index in [1.54, 1.807) is 0 Å². The zero-order valence-electron chi connectivity index (χ0n) is 12.3. The van der Waals surface area contributed by atoms with Gasteiger partial charge in [-0.1, -0.05) is 13.0 Å². The quantitative estimate of drug-likeness (QED) is 0.811. The fourth-order valence-corrected chi connectivity index (χ4v) is 3.42. The van der Waals surface area contributed by atoms with Crippen molar-refractivity contribution in [1.82, 2.24) is 0 Å². The summed E-state index contributed by atoms with van der Waals surface area (Å²) in [5.41, 5.74) is 8.79. The summed E-state index contributed by atoms with van der Waals surface area (Å²) < 4.78 is 1.24. The molecule has 2 aliphatic rings. The highest BCUT2D eigenvalue weighted by Gasteiger charge is 2.34. The van der Waals surface area contributed by atoms with E-state index in [9.17, 15) is 0 Å². The van der Waals surface area contributed by atoms with Gasteiger partial charge in [0, 0.05) is 23.1 Å². The lowest BCUT2D eigenvalue weighted by atomic mass is 10.0. The molecule has 1 atom stereocenters. The third-order valence-electron chi connectivity index (χ3n) is 4.48. The molecule has 1 aromatic rings. The van der Waals surface area contributed by atoms with E-state index in [4.69, 9.17) is 5.73 Å². The first kappa shape index (κ1) is 14.4. The summed E-state index contributed by atoms with van der Waals surface area (Å²) in [7, 11) is 0. The Labute approximate surface area is 130 Å². The summed E-state index contributed by atoms with van der Waals surface area (Å²) in [6.45, 7) is 3.40. The number of hydrogen-bond acceptors (Lipinski definition) is 2. The summed E-state index contributed by atoms with van der Waals surface area (Å²) in [6.07, 6.45) is 7.58. The number of nitrogens with zero attached hydrogens (tertiary/aromatic N) is 1. The molecule has 2 aliphatic carbocycles. The van der Waals surface area contributed by atoms with Crippen LogP contribution >= 0.6 is 15.9 Å². The molecule has 0 radical (unpaired) electrons. The summed E-state index contributed by atoms with van der Waals surface area (Å²) in [6, 6.07) is 7.89. The minimum absolute atomic E-state index is 0.277. The molecule has 2 N–H and O–H groups in total. The number of nitrogens with two attached hydrogens (primary N) is 1. The van der Waals surface area contributed by atoms with Gasteiger partial charge >= 0.3 is 0 Å². The zero-order valence-corrected chi connectivity index (χ0v) is 13.9. The van der Waals surface area contributed by atoms with E-state index in [0.29, 0.717) is 0 Å². The Morgan fingerprint density at radius 2 is 2.05 bits per heavy atom. The van der Waals surface area contributed by atoms with Gasteiger partial charge in [0.05, 0.1) is 5.69 Å². The van der Waals surface area contributed by atoms with Crippen molar-refractivity contribution in [1.29, 1.82) is 0 Å². The molecule has 110 valence electrons. The van der Waals surface area contributed by atoms with E-state index < -0.39 is 0 Å². The van der Waals surface area contributed by atoms with Gasteiger partial charge in [0.2, 0.25) is 0 Å². The van der Waals surface area contributed by atoms with Crippen LogP contribution in [0.1, 0.15) is 44.6 Å². The molecule has 0 saturated heterocycles. The van der Waals surface area contributed by atoms with E-state index in [1.165, 1.54) is 48.0 Å². The first-order chi connectivity index (χ1) is 9.67. The highest BCUT2D eigenvalue weighted by Crippen LogP contribution is 2.40. The second kappa shape index (κ2) is 6.07. The van der Waals surface area contributed by atoms with E-state index in [2.05, 4.69) is 46.0 Å². The molecule has 3 heteroatoms. The number of hydrogen-bond donors (Lipinski definition) is 1. The Morgan fingerprint density at radius 3 is 2.60 bits per heavy atom. The maximum absolute atomic E-state index is 6.06. The molecule has 1 aromatic carbocycles. The Bertz CT molecular complexity index is 466. The summed E-state index contributed by atoms with van der Waals surface area (Å²) >= 11 is 3.78. The van der Waals surface area contributed by atoms with Crippen molar-refractivity contribution in [3.05, 3.63) is 28.2 Å². The monoisotopic (exact) mass is 336 g/mol. The van der Waals surface area contributed by atoms with Gasteiger partial charge in [0.15, 0.2) is 0 Å². The minimum atomic E-state index is 0.277. The lowest BCUT2D eigenvalue weighted by molar-refractivity contribution is 0.646. The van der Waals surface area contributed by atoms with Crippen LogP contribution in [0, 0.1) is 5.92 Å². The molecule has 0 spiro atoms. The minimum Gasteiger partial charge on any atom is -0.367 e. The number of rotatable bonds is 7. The van der Waals surface area contributed by atoms with E-state index in [-0.39, 0.29) is 6.04 Å². The van der Waals surface area contributed by atoms with Gasteiger partial charge in [-0.05, 0) is 78.1 Å². The number of anilines is 1. The van der Waals surface area contributed by atoms with Crippen molar-refractivity contribution in [2.24, 2.45) is 11.7 Å². The lowest BCUT2D eigenvalue weighted by Gasteiger charge is -2.26. The van der Waals surface area contributed by atoms with Crippen molar-refractivity contribution >= 4 is 21.6 Å². The fourth-order valence-electron chi connectivity index (χ4n) is 2.77. The second-order valence-corrected chi connectivity index (χ2v) is 7.34. The molecule has 0 heterocycles. The summed E-state index contributed by atoms with van der Waals surface area (Å²) in [5, 5.41) is 0. The molecule has 0 amide bonds. The lowest BCUT2D eigenvalue weighted by Crippen LogP contribution is -2.28. The van der Waals surface area contributed by atoms with Crippen LogP contribution in [0.3, 0.4) is 0 Å². The van der Waals surface area contributed by atoms with Crippen molar-refractivity contribution in [2.75, 3.05) is 11.4 Å². The van der Waals surface area contributed by atoms with E-state index >= 15 is 0 Å². The Kier molecular flexibility index (Phi) is 4.37. The predicted octanol–water partition coefficient (Wildman–Crippen LogP) is 4.11. The van der Waals surface area contributed by atoms with E-state index in [1.807, 2.05) is 0 Å². The van der Waals surface area contributed by atoms with Crippen molar-refractivity contribution in [3.63, 3.8) is 0 Å². The Balaban J connectivity index is 1.74. The largest absolute Gasteiger partial charge is 0.367 e. The molecule has 0 bridgehead atoms. The third-order valence-corrected chi connectivity index (χ3v) is 5.12. The number of halogens is 1. The van der Waals surface area contributed by atoms with Crippen LogP contribution in [0.5, 0.6) is 0 Å². The summed E-state index contributed by atoms with van der Waals surface area (Å²) in [4.78, 5) is 2.63. The predicted molar refractivity (Wildman–Crippen MR) is 89.2 cm³/mol. The Hall–Kier alpha value is -0.540. The third kappa shape index (κ3) is 3.56. The first-order valence-electron chi connectivity index (χ1n) is 7.98. The van der Waals surface area contributed by atoms with Crippen LogP contribution in [0.25, 0.3) is 0 Å². The first-order valence-corrected chi connectivity index (χ1v) is 8.77. The van der Waals surface area contributed by atoms with Crippen LogP contribution in [0.2, 0.25) is 0 Å². The van der Waals surface area contributed by atoms with Crippen molar-refractivity contribution in [2.45, 2.75) is 57.5 Å². The second-order valence-electron chi connectivity index (χ2n) is 6.49. The molecule has 0 aromatic heterocycles. The van der Waals surface area contributed by atoms with Crippen LogP contribution < -0.4 is 10.6 Å². The molecular formula is C17H25BrN2. The van der Waals surface area contributed by atoms with E-state index in [0.717, 1.165) is 24.8 Å². The van der Waals surface area contributed by atoms with Gasteiger partial charge in [0.1, 0.15) is 0 Å². The molecule has 1 unspecified atom stereocenters. The fraction of sp³-hybridized carbons (Fsp3) is 0.647. The Morgan fingerprint density at radius 1 is 1.30 bits per heavy atom. The highest BCUT2D eigenvalue weighted by molar-refractivity contribution is 9.10. The topological polar surface area (TPSA) is 29.3 Å². The standard InChI is InChI=1S/C17H25BrN2/c1-2-14(19)9-13-5-8-17(16(18)10-13)20(15-6-7-15)11-12-3-4-12/h5,8,10,12,14-15H,2-4,6-7,9,11,19H2,1H3. The van der Waals surface area contributed by atoms with Gasteiger partial charge in [0.25, 0.3) is 0 Å². The summed E-state index contributed by atoms with van der Waals surface area (Å²) in [5.74, 6) is 0.940. The van der Waals surface area contributed by atoms with Gasteiger partial charge in [-0.15, -0.1) is 0 Å². The van der Waals surface area contributed by atoms with Crippen LogP contribution in [0.15, 0.2) is 22.7 Å². The molecule has 0 aliphatic heterocycles. The molecule has 2 nitrogen and oxygen atoms in total. The molecule has 2 saturated carbocycles. The average molecular weight is 337 g/mol. The molecule has 2 fully saturated rings. The van der Waals surface area contributed by atoms with Crippen LogP contribution in [-0.4, -0.2) is 18.6 Å². The SMILES string of the molecule is CCC(N)Cc1ccc(N(CC2CC2)C2CC2)c(Br)c1. The normalized spacial score (nSPS) is 19.9. The molecule has 3 rings (SSSR count). The average Bonchev–Trinajstić information content (AvgIpc) is 3.29. The van der Waals surface area contributed by atoms with Gasteiger partial charge in [-0.2, -0.15) is 0 Å². The number of benzene rings is 1.